The zero-order valence-corrected chi connectivity index (χ0v) is 9.79. The zero-order valence-electron chi connectivity index (χ0n) is 9.79. The van der Waals surface area contributed by atoms with Crippen molar-refractivity contribution in [3.8, 4) is 0 Å². The first-order valence-corrected chi connectivity index (χ1v) is 5.96. The van der Waals surface area contributed by atoms with E-state index in [2.05, 4.69) is 23.5 Å². The predicted octanol–water partition coefficient (Wildman–Crippen LogP) is 2.23. The summed E-state index contributed by atoms with van der Waals surface area (Å²) in [5.74, 6) is 1.74. The van der Waals surface area contributed by atoms with Crippen LogP contribution in [0.15, 0.2) is 0 Å². The summed E-state index contributed by atoms with van der Waals surface area (Å²) < 4.78 is 2.21. The fraction of sp³-hybridized carbons (Fsp3) is 0.750. The van der Waals surface area contributed by atoms with Crippen molar-refractivity contribution in [2.75, 3.05) is 0 Å². The van der Waals surface area contributed by atoms with Gasteiger partial charge in [-0.2, -0.15) is 0 Å². The van der Waals surface area contributed by atoms with Gasteiger partial charge in [-0.25, -0.2) is 4.98 Å². The molecule has 0 aliphatic heterocycles. The van der Waals surface area contributed by atoms with E-state index >= 15 is 0 Å². The van der Waals surface area contributed by atoms with E-state index in [9.17, 15) is 0 Å². The molecule has 1 aliphatic rings. The first-order chi connectivity index (χ1) is 7.24. The molecule has 1 aromatic heterocycles. The van der Waals surface area contributed by atoms with Gasteiger partial charge in [0.25, 0.3) is 0 Å². The summed E-state index contributed by atoms with van der Waals surface area (Å²) >= 11 is 0. The maximum Gasteiger partial charge on any atom is 0.122 e. The van der Waals surface area contributed by atoms with Gasteiger partial charge in [0.2, 0.25) is 0 Å². The van der Waals surface area contributed by atoms with E-state index in [-0.39, 0.29) is 0 Å². The number of hydrogen-bond acceptors (Lipinski definition) is 2. The third-order valence-corrected chi connectivity index (χ3v) is 3.59. The molecule has 1 saturated carbocycles. The van der Waals surface area contributed by atoms with E-state index in [1.54, 1.807) is 0 Å². The van der Waals surface area contributed by atoms with Crippen molar-refractivity contribution < 1.29 is 0 Å². The number of hydrogen-bond donors (Lipinski definition) is 1. The Morgan fingerprint density at radius 3 is 2.53 bits per heavy atom. The van der Waals surface area contributed by atoms with Crippen LogP contribution >= 0.6 is 0 Å². The zero-order chi connectivity index (χ0) is 10.8. The molecule has 3 heteroatoms. The Bertz CT molecular complexity index is 335. The van der Waals surface area contributed by atoms with Gasteiger partial charge < -0.3 is 10.3 Å². The fourth-order valence-electron chi connectivity index (χ4n) is 2.84. The highest BCUT2D eigenvalue weighted by atomic mass is 15.1. The van der Waals surface area contributed by atoms with Gasteiger partial charge >= 0.3 is 0 Å². The minimum atomic E-state index is 0.546. The Balaban J connectivity index is 2.29. The highest BCUT2D eigenvalue weighted by molar-refractivity contribution is 5.20. The minimum Gasteiger partial charge on any atom is -0.334 e. The molecule has 2 N–H and O–H groups in total. The van der Waals surface area contributed by atoms with Crippen LogP contribution in [0, 0.1) is 6.92 Å². The van der Waals surface area contributed by atoms with Gasteiger partial charge in [-0.1, -0.05) is 19.3 Å². The van der Waals surface area contributed by atoms with Gasteiger partial charge in [0, 0.05) is 18.7 Å². The van der Waals surface area contributed by atoms with Crippen molar-refractivity contribution in [3.05, 3.63) is 17.2 Å². The Morgan fingerprint density at radius 1 is 1.33 bits per heavy atom. The third-order valence-electron chi connectivity index (χ3n) is 3.59. The van der Waals surface area contributed by atoms with Gasteiger partial charge in [-0.15, -0.1) is 0 Å². The highest BCUT2D eigenvalue weighted by Gasteiger charge is 2.22. The molecule has 15 heavy (non-hydrogen) atoms. The number of nitrogens with two attached hydrogens (primary N) is 1. The van der Waals surface area contributed by atoms with Crippen molar-refractivity contribution in [1.29, 1.82) is 0 Å². The van der Waals surface area contributed by atoms with Crippen molar-refractivity contribution in [1.82, 2.24) is 9.55 Å². The van der Waals surface area contributed by atoms with Crippen molar-refractivity contribution in [2.45, 2.75) is 51.5 Å². The van der Waals surface area contributed by atoms with Crippen LogP contribution in [0.25, 0.3) is 0 Å². The van der Waals surface area contributed by atoms with Crippen LogP contribution in [-0.4, -0.2) is 9.55 Å². The number of aromatic nitrogens is 2. The Labute approximate surface area is 91.7 Å². The van der Waals surface area contributed by atoms with Crippen molar-refractivity contribution in [2.24, 2.45) is 12.8 Å². The van der Waals surface area contributed by atoms with Gasteiger partial charge in [0.05, 0.1) is 12.2 Å². The molecular weight excluding hydrogens is 186 g/mol. The Hall–Kier alpha value is -0.830. The second kappa shape index (κ2) is 4.35. The van der Waals surface area contributed by atoms with E-state index in [1.165, 1.54) is 43.5 Å². The topological polar surface area (TPSA) is 43.8 Å². The highest BCUT2D eigenvalue weighted by Crippen LogP contribution is 2.34. The van der Waals surface area contributed by atoms with E-state index in [0.29, 0.717) is 6.54 Å². The molecule has 2 rings (SSSR count). The van der Waals surface area contributed by atoms with E-state index in [1.807, 2.05) is 0 Å². The SMILES string of the molecule is Cc1nc(CN)n(C)c1C1CCCCC1. The van der Waals surface area contributed by atoms with Crippen LogP contribution in [0.5, 0.6) is 0 Å². The van der Waals surface area contributed by atoms with E-state index in [0.717, 1.165) is 11.7 Å². The molecule has 0 aromatic carbocycles. The largest absolute Gasteiger partial charge is 0.334 e. The molecule has 0 bridgehead atoms. The van der Waals surface area contributed by atoms with Gasteiger partial charge in [-0.3, -0.25) is 0 Å². The van der Waals surface area contributed by atoms with Crippen LogP contribution in [0.2, 0.25) is 0 Å². The number of nitrogens with zero attached hydrogens (tertiary/aromatic N) is 2. The second-order valence-electron chi connectivity index (χ2n) is 4.60. The molecule has 0 saturated heterocycles. The monoisotopic (exact) mass is 207 g/mol. The molecule has 0 radical (unpaired) electrons. The predicted molar refractivity (Wildman–Crippen MR) is 61.7 cm³/mol. The lowest BCUT2D eigenvalue weighted by molar-refractivity contribution is 0.426. The van der Waals surface area contributed by atoms with Crippen LogP contribution in [-0.2, 0) is 13.6 Å². The van der Waals surface area contributed by atoms with Crippen molar-refractivity contribution >= 4 is 0 Å². The maximum atomic E-state index is 5.68. The van der Waals surface area contributed by atoms with Crippen LogP contribution in [0.4, 0.5) is 0 Å². The molecule has 1 aliphatic carbocycles. The molecule has 0 spiro atoms. The normalized spacial score (nSPS) is 18.3. The number of rotatable bonds is 2. The summed E-state index contributed by atoms with van der Waals surface area (Å²) in [5, 5.41) is 0. The first-order valence-electron chi connectivity index (χ1n) is 5.96. The lowest BCUT2D eigenvalue weighted by Crippen LogP contribution is -2.12. The van der Waals surface area contributed by atoms with Crippen molar-refractivity contribution in [3.63, 3.8) is 0 Å². The number of imidazole rings is 1. The molecule has 3 nitrogen and oxygen atoms in total. The van der Waals surface area contributed by atoms with Gasteiger partial charge in [0.1, 0.15) is 5.82 Å². The summed E-state index contributed by atoms with van der Waals surface area (Å²) in [5.41, 5.74) is 8.29. The molecule has 1 fully saturated rings. The molecule has 1 heterocycles. The smallest absolute Gasteiger partial charge is 0.122 e. The van der Waals surface area contributed by atoms with E-state index in [4.69, 9.17) is 5.73 Å². The quantitative estimate of drug-likeness (QED) is 0.808. The average Bonchev–Trinajstić information content (AvgIpc) is 2.55. The minimum absolute atomic E-state index is 0.546. The van der Waals surface area contributed by atoms with Crippen LogP contribution < -0.4 is 5.73 Å². The Kier molecular flexibility index (Phi) is 3.10. The third kappa shape index (κ3) is 1.93. The van der Waals surface area contributed by atoms with Gasteiger partial charge in [-0.05, 0) is 19.8 Å². The van der Waals surface area contributed by atoms with Crippen LogP contribution in [0.3, 0.4) is 0 Å². The first kappa shape index (κ1) is 10.7. The average molecular weight is 207 g/mol. The summed E-state index contributed by atoms with van der Waals surface area (Å²) in [6.07, 6.45) is 6.78. The molecule has 0 unspecified atom stereocenters. The van der Waals surface area contributed by atoms with Crippen LogP contribution in [0.1, 0.15) is 55.2 Å². The second-order valence-corrected chi connectivity index (χ2v) is 4.60. The molecule has 0 atom stereocenters. The van der Waals surface area contributed by atoms with Gasteiger partial charge in [0.15, 0.2) is 0 Å². The number of aryl methyl sites for hydroxylation is 1. The summed E-state index contributed by atoms with van der Waals surface area (Å²) in [6, 6.07) is 0. The molecule has 1 aromatic rings. The lowest BCUT2D eigenvalue weighted by atomic mass is 9.86. The molecular formula is C12H21N3. The maximum absolute atomic E-state index is 5.68. The fourth-order valence-corrected chi connectivity index (χ4v) is 2.84. The molecule has 84 valence electrons. The van der Waals surface area contributed by atoms with E-state index < -0.39 is 0 Å². The lowest BCUT2D eigenvalue weighted by Gasteiger charge is -2.23. The summed E-state index contributed by atoms with van der Waals surface area (Å²) in [6.45, 7) is 2.66. The summed E-state index contributed by atoms with van der Waals surface area (Å²) in [4.78, 5) is 4.54. The standard InChI is InChI=1S/C12H21N3/c1-9-12(10-6-4-3-5-7-10)15(2)11(8-13)14-9/h10H,3-8,13H2,1-2H3. The Morgan fingerprint density at radius 2 is 2.00 bits per heavy atom. The summed E-state index contributed by atoms with van der Waals surface area (Å²) in [7, 11) is 2.10. The molecule has 0 amide bonds.